The number of rotatable bonds is 2. The summed E-state index contributed by atoms with van der Waals surface area (Å²) >= 11 is 0. The Balaban J connectivity index is 1.71. The second-order valence-electron chi connectivity index (χ2n) is 5.32. The summed E-state index contributed by atoms with van der Waals surface area (Å²) in [5.74, 6) is 1.29. The van der Waals surface area contributed by atoms with Gasteiger partial charge in [-0.1, -0.05) is 12.8 Å². The predicted molar refractivity (Wildman–Crippen MR) is 74.2 cm³/mol. The fourth-order valence-corrected chi connectivity index (χ4v) is 2.82. The lowest BCUT2D eigenvalue weighted by molar-refractivity contribution is -0.119. The van der Waals surface area contributed by atoms with E-state index in [1.165, 1.54) is 12.8 Å². The summed E-state index contributed by atoms with van der Waals surface area (Å²) in [7, 11) is 0. The van der Waals surface area contributed by atoms with Crippen LogP contribution >= 0.6 is 0 Å². The zero-order valence-corrected chi connectivity index (χ0v) is 11.1. The molecular formula is C15H20N2O2. The van der Waals surface area contributed by atoms with E-state index in [1.807, 2.05) is 18.2 Å². The Hall–Kier alpha value is -1.55. The molecular weight excluding hydrogens is 240 g/mol. The largest absolute Gasteiger partial charge is 0.492 e. The minimum Gasteiger partial charge on any atom is -0.492 e. The highest BCUT2D eigenvalue weighted by molar-refractivity contribution is 5.92. The van der Waals surface area contributed by atoms with Crippen LogP contribution in [-0.4, -0.2) is 19.1 Å². The first-order valence-corrected chi connectivity index (χ1v) is 7.10. The van der Waals surface area contributed by atoms with Crippen LogP contribution in [0, 0.1) is 5.92 Å². The van der Waals surface area contributed by atoms with Crippen molar-refractivity contribution in [3.63, 3.8) is 0 Å². The van der Waals surface area contributed by atoms with Crippen molar-refractivity contribution < 1.29 is 9.53 Å². The maximum absolute atomic E-state index is 12.1. The third kappa shape index (κ3) is 2.89. The number of hydrogen-bond donors (Lipinski definition) is 2. The van der Waals surface area contributed by atoms with E-state index in [9.17, 15) is 4.79 Å². The summed E-state index contributed by atoms with van der Waals surface area (Å²) < 4.78 is 5.63. The van der Waals surface area contributed by atoms with Gasteiger partial charge in [-0.3, -0.25) is 4.79 Å². The lowest BCUT2D eigenvalue weighted by Gasteiger charge is -2.13. The highest BCUT2D eigenvalue weighted by atomic mass is 16.5. The number of amides is 1. The van der Waals surface area contributed by atoms with Crippen LogP contribution in [0.4, 0.5) is 5.69 Å². The molecule has 0 atom stereocenters. The van der Waals surface area contributed by atoms with E-state index in [2.05, 4.69) is 10.6 Å². The number of carbonyl (C=O) groups excluding carboxylic acids is 1. The van der Waals surface area contributed by atoms with Crippen molar-refractivity contribution in [3.8, 4) is 5.75 Å². The maximum Gasteiger partial charge on any atom is 0.227 e. The Morgan fingerprint density at radius 2 is 2.16 bits per heavy atom. The van der Waals surface area contributed by atoms with Gasteiger partial charge in [0.05, 0.1) is 0 Å². The standard InChI is InChI=1S/C15H20N2O2/c18-15(11-3-1-2-4-11)17-13-5-6-14-12(9-13)10-16-7-8-19-14/h5-6,9,11,16H,1-4,7-8,10H2,(H,17,18). The van der Waals surface area contributed by atoms with Crippen molar-refractivity contribution in [2.45, 2.75) is 32.2 Å². The minimum atomic E-state index is 0.167. The molecule has 1 aliphatic carbocycles. The fourth-order valence-electron chi connectivity index (χ4n) is 2.82. The molecule has 0 spiro atoms. The van der Waals surface area contributed by atoms with Crippen LogP contribution in [0.2, 0.25) is 0 Å². The van der Waals surface area contributed by atoms with Crippen LogP contribution < -0.4 is 15.4 Å². The third-order valence-corrected chi connectivity index (χ3v) is 3.91. The molecule has 0 saturated heterocycles. The van der Waals surface area contributed by atoms with Crippen molar-refractivity contribution in [2.75, 3.05) is 18.5 Å². The van der Waals surface area contributed by atoms with E-state index in [0.717, 1.165) is 42.9 Å². The van der Waals surface area contributed by atoms with E-state index in [1.54, 1.807) is 0 Å². The normalized spacial score (nSPS) is 19.4. The molecule has 102 valence electrons. The highest BCUT2D eigenvalue weighted by Crippen LogP contribution is 2.28. The van der Waals surface area contributed by atoms with E-state index in [0.29, 0.717) is 6.61 Å². The molecule has 1 aliphatic heterocycles. The van der Waals surface area contributed by atoms with Crippen LogP contribution in [0.25, 0.3) is 0 Å². The number of nitrogens with one attached hydrogen (secondary N) is 2. The number of carbonyl (C=O) groups is 1. The summed E-state index contributed by atoms with van der Waals surface area (Å²) in [5.41, 5.74) is 1.99. The summed E-state index contributed by atoms with van der Waals surface area (Å²) in [6, 6.07) is 5.89. The van der Waals surface area contributed by atoms with Crippen molar-refractivity contribution in [2.24, 2.45) is 5.92 Å². The van der Waals surface area contributed by atoms with Crippen LogP contribution in [0.5, 0.6) is 5.75 Å². The SMILES string of the molecule is O=C(Nc1ccc2c(c1)CNCCO2)C1CCCC1. The monoisotopic (exact) mass is 260 g/mol. The molecule has 1 amide bonds. The topological polar surface area (TPSA) is 50.4 Å². The quantitative estimate of drug-likeness (QED) is 0.858. The van der Waals surface area contributed by atoms with E-state index in [-0.39, 0.29) is 11.8 Å². The van der Waals surface area contributed by atoms with Crippen LogP contribution in [-0.2, 0) is 11.3 Å². The predicted octanol–water partition coefficient (Wildman–Crippen LogP) is 2.30. The first kappa shape index (κ1) is 12.5. The van der Waals surface area contributed by atoms with E-state index in [4.69, 9.17) is 4.74 Å². The third-order valence-electron chi connectivity index (χ3n) is 3.91. The average molecular weight is 260 g/mol. The van der Waals surface area contributed by atoms with Gasteiger partial charge in [0.25, 0.3) is 0 Å². The second-order valence-corrected chi connectivity index (χ2v) is 5.32. The van der Waals surface area contributed by atoms with Gasteiger partial charge in [0.2, 0.25) is 5.91 Å². The maximum atomic E-state index is 12.1. The Bertz CT molecular complexity index is 467. The van der Waals surface area contributed by atoms with Gasteiger partial charge in [0, 0.05) is 30.3 Å². The number of fused-ring (bicyclic) bond motifs is 1. The molecule has 0 radical (unpaired) electrons. The van der Waals surface area contributed by atoms with Gasteiger partial charge in [0.1, 0.15) is 12.4 Å². The van der Waals surface area contributed by atoms with Gasteiger partial charge in [0.15, 0.2) is 0 Å². The number of ether oxygens (including phenoxy) is 1. The zero-order valence-electron chi connectivity index (χ0n) is 11.1. The van der Waals surface area contributed by atoms with Crippen LogP contribution in [0.15, 0.2) is 18.2 Å². The Morgan fingerprint density at radius 1 is 1.32 bits per heavy atom. The fraction of sp³-hybridized carbons (Fsp3) is 0.533. The average Bonchev–Trinajstić information content (AvgIpc) is 2.85. The molecule has 4 heteroatoms. The van der Waals surface area contributed by atoms with Gasteiger partial charge in [-0.15, -0.1) is 0 Å². The lowest BCUT2D eigenvalue weighted by Crippen LogP contribution is -2.20. The van der Waals surface area contributed by atoms with E-state index >= 15 is 0 Å². The van der Waals surface area contributed by atoms with Gasteiger partial charge < -0.3 is 15.4 Å². The molecule has 1 fully saturated rings. The van der Waals surface area contributed by atoms with Crippen molar-refractivity contribution in [3.05, 3.63) is 23.8 Å². The molecule has 2 N–H and O–H groups in total. The molecule has 0 aromatic heterocycles. The molecule has 0 unspecified atom stereocenters. The summed E-state index contributed by atoms with van der Waals surface area (Å²) in [6.07, 6.45) is 4.42. The molecule has 19 heavy (non-hydrogen) atoms. The molecule has 1 saturated carbocycles. The Kier molecular flexibility index (Phi) is 3.69. The molecule has 0 bridgehead atoms. The van der Waals surface area contributed by atoms with Gasteiger partial charge in [-0.05, 0) is 31.0 Å². The first-order valence-electron chi connectivity index (χ1n) is 7.10. The minimum absolute atomic E-state index is 0.167. The number of hydrogen-bond acceptors (Lipinski definition) is 3. The van der Waals surface area contributed by atoms with Crippen molar-refractivity contribution >= 4 is 11.6 Å². The number of anilines is 1. The van der Waals surface area contributed by atoms with Crippen molar-refractivity contribution in [1.29, 1.82) is 0 Å². The second kappa shape index (κ2) is 5.61. The van der Waals surface area contributed by atoms with Crippen LogP contribution in [0.3, 0.4) is 0 Å². The summed E-state index contributed by atoms with van der Waals surface area (Å²) in [5, 5.41) is 6.33. The molecule has 1 heterocycles. The van der Waals surface area contributed by atoms with Gasteiger partial charge >= 0.3 is 0 Å². The smallest absolute Gasteiger partial charge is 0.227 e. The molecule has 3 rings (SSSR count). The van der Waals surface area contributed by atoms with Crippen LogP contribution in [0.1, 0.15) is 31.2 Å². The summed E-state index contributed by atoms with van der Waals surface area (Å²) in [6.45, 7) is 2.35. The van der Waals surface area contributed by atoms with E-state index < -0.39 is 0 Å². The first-order chi connectivity index (χ1) is 9.33. The number of benzene rings is 1. The molecule has 1 aromatic carbocycles. The molecule has 2 aliphatic rings. The van der Waals surface area contributed by atoms with Gasteiger partial charge in [-0.2, -0.15) is 0 Å². The van der Waals surface area contributed by atoms with Gasteiger partial charge in [-0.25, -0.2) is 0 Å². The Labute approximate surface area is 113 Å². The lowest BCUT2D eigenvalue weighted by atomic mass is 10.1. The molecule has 1 aromatic rings. The highest BCUT2D eigenvalue weighted by Gasteiger charge is 2.22. The van der Waals surface area contributed by atoms with Crippen molar-refractivity contribution in [1.82, 2.24) is 5.32 Å². The summed E-state index contributed by atoms with van der Waals surface area (Å²) in [4.78, 5) is 12.1. The Morgan fingerprint density at radius 3 is 3.00 bits per heavy atom. The molecule has 4 nitrogen and oxygen atoms in total. The zero-order chi connectivity index (χ0) is 13.1.